The van der Waals surface area contributed by atoms with Crippen molar-refractivity contribution in [1.82, 2.24) is 0 Å². The first-order valence-corrected chi connectivity index (χ1v) is 10.7. The minimum absolute atomic E-state index is 0.0578. The molecule has 0 heterocycles. The van der Waals surface area contributed by atoms with Crippen molar-refractivity contribution in [2.75, 3.05) is 12.4 Å². The number of carbonyl (C=O) groups is 1. The van der Waals surface area contributed by atoms with E-state index in [0.29, 0.717) is 34.4 Å². The highest BCUT2D eigenvalue weighted by Gasteiger charge is 2.15. The Balaban J connectivity index is 1.82. The van der Waals surface area contributed by atoms with E-state index in [1.165, 1.54) is 13.2 Å². The Morgan fingerprint density at radius 2 is 1.70 bits per heavy atom. The zero-order chi connectivity index (χ0) is 24.0. The summed E-state index contributed by atoms with van der Waals surface area (Å²) in [6.45, 7) is 6.36. The molecule has 168 valence electrons. The van der Waals surface area contributed by atoms with Gasteiger partial charge in [0.1, 0.15) is 18.2 Å². The van der Waals surface area contributed by atoms with Crippen LogP contribution in [0.15, 0.2) is 60.2 Å². The van der Waals surface area contributed by atoms with Crippen molar-refractivity contribution in [3.05, 3.63) is 93.0 Å². The first-order valence-electron chi connectivity index (χ1n) is 10.4. The van der Waals surface area contributed by atoms with E-state index in [9.17, 15) is 10.1 Å². The highest BCUT2D eigenvalue weighted by Crippen LogP contribution is 2.37. The number of methoxy groups -OCH3 is 1. The molecule has 3 aromatic carbocycles. The first-order chi connectivity index (χ1) is 15.8. The van der Waals surface area contributed by atoms with Crippen LogP contribution in [0.1, 0.15) is 27.8 Å². The van der Waals surface area contributed by atoms with Crippen LogP contribution in [-0.2, 0) is 11.4 Å². The largest absolute Gasteiger partial charge is 0.493 e. The number of hydrogen-bond donors (Lipinski definition) is 1. The van der Waals surface area contributed by atoms with Crippen molar-refractivity contribution >= 4 is 29.3 Å². The second-order valence-corrected chi connectivity index (χ2v) is 8.22. The number of benzene rings is 3. The monoisotopic (exact) mass is 460 g/mol. The Morgan fingerprint density at radius 3 is 2.30 bits per heavy atom. The summed E-state index contributed by atoms with van der Waals surface area (Å²) in [5.41, 5.74) is 5.50. The maximum absolute atomic E-state index is 12.6. The fourth-order valence-electron chi connectivity index (χ4n) is 3.42. The van der Waals surface area contributed by atoms with Crippen molar-refractivity contribution < 1.29 is 14.3 Å². The molecule has 6 heteroatoms. The summed E-state index contributed by atoms with van der Waals surface area (Å²) >= 11 is 6.48. The molecular weight excluding hydrogens is 436 g/mol. The van der Waals surface area contributed by atoms with Gasteiger partial charge in [0.2, 0.25) is 0 Å². The highest BCUT2D eigenvalue weighted by molar-refractivity contribution is 6.32. The van der Waals surface area contributed by atoms with Crippen LogP contribution in [0.3, 0.4) is 0 Å². The average Bonchev–Trinajstić information content (AvgIpc) is 2.77. The molecule has 0 aliphatic heterocycles. The summed E-state index contributed by atoms with van der Waals surface area (Å²) in [5, 5.41) is 12.6. The molecule has 3 rings (SSSR count). The van der Waals surface area contributed by atoms with Gasteiger partial charge in [0.25, 0.3) is 5.91 Å². The number of rotatable bonds is 7. The van der Waals surface area contributed by atoms with Gasteiger partial charge in [-0.1, -0.05) is 58.6 Å². The molecule has 0 aliphatic rings. The van der Waals surface area contributed by atoms with E-state index in [1.807, 2.05) is 39.0 Å². The number of nitrogens with one attached hydrogen (secondary N) is 1. The second kappa shape index (κ2) is 10.7. The average molecular weight is 461 g/mol. The second-order valence-electron chi connectivity index (χ2n) is 7.81. The van der Waals surface area contributed by atoms with E-state index in [4.69, 9.17) is 21.1 Å². The molecule has 0 bridgehead atoms. The molecule has 5 nitrogen and oxygen atoms in total. The van der Waals surface area contributed by atoms with E-state index in [2.05, 4.69) is 23.5 Å². The maximum atomic E-state index is 12.6. The third-order valence-corrected chi connectivity index (χ3v) is 5.18. The molecule has 0 aliphatic carbocycles. The molecule has 0 atom stereocenters. The van der Waals surface area contributed by atoms with Crippen LogP contribution in [0.5, 0.6) is 11.5 Å². The Labute approximate surface area is 199 Å². The first kappa shape index (κ1) is 23.9. The van der Waals surface area contributed by atoms with Gasteiger partial charge in [-0.15, -0.1) is 0 Å². The van der Waals surface area contributed by atoms with Gasteiger partial charge in [0.05, 0.1) is 12.1 Å². The molecule has 0 aromatic heterocycles. The third kappa shape index (κ3) is 6.38. The van der Waals surface area contributed by atoms with Crippen LogP contribution >= 0.6 is 11.6 Å². The van der Waals surface area contributed by atoms with Gasteiger partial charge in [-0.2, -0.15) is 5.26 Å². The van der Waals surface area contributed by atoms with Gasteiger partial charge < -0.3 is 14.8 Å². The molecule has 0 saturated carbocycles. The molecule has 0 fully saturated rings. The third-order valence-electron chi connectivity index (χ3n) is 4.90. The summed E-state index contributed by atoms with van der Waals surface area (Å²) < 4.78 is 11.4. The van der Waals surface area contributed by atoms with Crippen LogP contribution < -0.4 is 14.8 Å². The predicted molar refractivity (Wildman–Crippen MR) is 132 cm³/mol. The fourth-order valence-corrected chi connectivity index (χ4v) is 3.70. The lowest BCUT2D eigenvalue weighted by molar-refractivity contribution is -0.112. The number of hydrogen-bond acceptors (Lipinski definition) is 4. The number of carbonyl (C=O) groups excluding carboxylic acids is 1. The SMILES string of the molecule is COc1cc(/C=C(\C#N)C(=O)Nc2ccc(C)cc2)cc(Cl)c1OCc1cc(C)cc(C)c1. The lowest BCUT2D eigenvalue weighted by Crippen LogP contribution is -2.13. The fraction of sp³-hybridized carbons (Fsp3) is 0.185. The number of amides is 1. The van der Waals surface area contributed by atoms with Crippen molar-refractivity contribution in [1.29, 1.82) is 5.26 Å². The summed E-state index contributed by atoms with van der Waals surface area (Å²) in [4.78, 5) is 12.6. The van der Waals surface area contributed by atoms with E-state index in [-0.39, 0.29) is 5.57 Å². The topological polar surface area (TPSA) is 71.3 Å². The van der Waals surface area contributed by atoms with E-state index >= 15 is 0 Å². The van der Waals surface area contributed by atoms with Gasteiger partial charge in [-0.25, -0.2) is 0 Å². The van der Waals surface area contributed by atoms with Crippen molar-refractivity contribution in [2.45, 2.75) is 27.4 Å². The highest BCUT2D eigenvalue weighted by atomic mass is 35.5. The van der Waals surface area contributed by atoms with Gasteiger partial charge in [-0.3, -0.25) is 4.79 Å². The zero-order valence-electron chi connectivity index (χ0n) is 19.0. The van der Waals surface area contributed by atoms with Gasteiger partial charge in [0.15, 0.2) is 11.5 Å². The van der Waals surface area contributed by atoms with Crippen LogP contribution in [0, 0.1) is 32.1 Å². The van der Waals surface area contributed by atoms with Crippen LogP contribution in [-0.4, -0.2) is 13.0 Å². The smallest absolute Gasteiger partial charge is 0.266 e. The number of halogens is 1. The minimum atomic E-state index is -0.508. The number of aryl methyl sites for hydroxylation is 3. The molecule has 0 radical (unpaired) electrons. The molecule has 0 spiro atoms. The normalized spacial score (nSPS) is 11.0. The van der Waals surface area contributed by atoms with Crippen LogP contribution in [0.4, 0.5) is 5.69 Å². The lowest BCUT2D eigenvalue weighted by Gasteiger charge is -2.14. The number of anilines is 1. The Hall–Kier alpha value is -3.75. The van der Waals surface area contributed by atoms with Gasteiger partial charge in [0, 0.05) is 5.69 Å². The molecular formula is C27H25ClN2O3. The maximum Gasteiger partial charge on any atom is 0.266 e. The zero-order valence-corrected chi connectivity index (χ0v) is 19.8. The molecule has 3 aromatic rings. The van der Waals surface area contributed by atoms with Crippen molar-refractivity contribution in [3.63, 3.8) is 0 Å². The molecule has 0 saturated heterocycles. The summed E-state index contributed by atoms with van der Waals surface area (Å²) in [6.07, 6.45) is 1.46. The molecule has 0 unspecified atom stereocenters. The summed E-state index contributed by atoms with van der Waals surface area (Å²) in [6, 6.07) is 18.8. The van der Waals surface area contributed by atoms with Crippen molar-refractivity contribution in [3.8, 4) is 17.6 Å². The molecule has 1 amide bonds. The quantitative estimate of drug-likeness (QED) is 0.327. The van der Waals surface area contributed by atoms with E-state index < -0.39 is 5.91 Å². The number of nitriles is 1. The summed E-state index contributed by atoms with van der Waals surface area (Å²) in [7, 11) is 1.51. The Bertz CT molecular complexity index is 1220. The Kier molecular flexibility index (Phi) is 7.76. The standard InChI is InChI=1S/C27H25ClN2O3/c1-17-5-7-23(8-6-17)30-27(31)22(15-29)12-20-13-24(28)26(25(14-20)32-4)33-16-21-10-18(2)9-19(3)11-21/h5-14H,16H2,1-4H3,(H,30,31)/b22-12+. The van der Waals surface area contributed by atoms with Gasteiger partial charge >= 0.3 is 0 Å². The minimum Gasteiger partial charge on any atom is -0.493 e. The van der Waals surface area contributed by atoms with Gasteiger partial charge in [-0.05, 0) is 62.2 Å². The van der Waals surface area contributed by atoms with Crippen molar-refractivity contribution in [2.24, 2.45) is 0 Å². The van der Waals surface area contributed by atoms with E-state index in [0.717, 1.165) is 22.3 Å². The van der Waals surface area contributed by atoms with E-state index in [1.54, 1.807) is 24.3 Å². The number of nitrogens with zero attached hydrogens (tertiary/aromatic N) is 1. The lowest BCUT2D eigenvalue weighted by atomic mass is 10.1. The van der Waals surface area contributed by atoms with Crippen LogP contribution in [0.25, 0.3) is 6.08 Å². The molecule has 33 heavy (non-hydrogen) atoms. The predicted octanol–water partition coefficient (Wildman–Crippen LogP) is 6.40. The Morgan fingerprint density at radius 1 is 1.03 bits per heavy atom. The number of ether oxygens (including phenoxy) is 2. The summed E-state index contributed by atoms with van der Waals surface area (Å²) in [5.74, 6) is 0.305. The molecule has 1 N–H and O–H groups in total. The van der Waals surface area contributed by atoms with Crippen LogP contribution in [0.2, 0.25) is 5.02 Å².